The first-order chi connectivity index (χ1) is 24.5. The van der Waals surface area contributed by atoms with E-state index in [1.165, 1.54) is 12.1 Å². The molecule has 2 fully saturated rings. The molecular formula is C39H44FN5O6. The third kappa shape index (κ3) is 9.59. The number of nitrogens with one attached hydrogen (secondary N) is 2. The molecule has 0 bridgehead atoms. The van der Waals surface area contributed by atoms with Gasteiger partial charge < -0.3 is 29.0 Å². The van der Waals surface area contributed by atoms with Crippen LogP contribution in [0.3, 0.4) is 0 Å². The fourth-order valence-electron chi connectivity index (χ4n) is 6.29. The molecule has 12 heteroatoms. The highest BCUT2D eigenvalue weighted by Crippen LogP contribution is 2.40. The first kappa shape index (κ1) is 35.7. The molecule has 268 valence electrons. The number of rotatable bonds is 10. The number of hydrogen-bond acceptors (Lipinski definition) is 8. The lowest BCUT2D eigenvalue weighted by atomic mass is 9.98. The number of imidazole rings is 1. The lowest BCUT2D eigenvalue weighted by molar-refractivity contribution is -0.191. The molecule has 1 unspecified atom stereocenters. The average Bonchev–Trinajstić information content (AvgIpc) is 3.65. The Bertz CT molecular complexity index is 1830. The number of ketones is 1. The molecule has 2 saturated heterocycles. The molecule has 0 radical (unpaired) electrons. The van der Waals surface area contributed by atoms with Crippen LogP contribution in [0.5, 0.6) is 0 Å². The van der Waals surface area contributed by atoms with Gasteiger partial charge in [0.25, 0.3) is 0 Å². The molecule has 2 amide bonds. The summed E-state index contributed by atoms with van der Waals surface area (Å²) in [5.41, 5.74) is 3.11. The summed E-state index contributed by atoms with van der Waals surface area (Å²) in [6, 6.07) is 16.6. The van der Waals surface area contributed by atoms with Gasteiger partial charge in [0.1, 0.15) is 11.4 Å². The monoisotopic (exact) mass is 697 g/mol. The van der Waals surface area contributed by atoms with E-state index in [0.29, 0.717) is 36.5 Å². The molecule has 0 aliphatic carbocycles. The number of carbonyl (C=O) groups excluding carboxylic acids is 3. The van der Waals surface area contributed by atoms with Gasteiger partial charge in [0.2, 0.25) is 5.91 Å². The third-order valence-electron chi connectivity index (χ3n) is 8.76. The van der Waals surface area contributed by atoms with Crippen molar-refractivity contribution >= 4 is 34.8 Å². The predicted octanol–water partition coefficient (Wildman–Crippen LogP) is 7.75. The second kappa shape index (κ2) is 15.9. The van der Waals surface area contributed by atoms with E-state index in [4.69, 9.17) is 14.2 Å². The number of carbonyl (C=O) groups is 3. The second-order valence-electron chi connectivity index (χ2n) is 13.8. The van der Waals surface area contributed by atoms with E-state index in [0.717, 1.165) is 49.0 Å². The largest absolute Gasteiger partial charge is 0.444 e. The Labute approximate surface area is 297 Å². The molecule has 2 N–H and O–H groups in total. The van der Waals surface area contributed by atoms with E-state index in [2.05, 4.69) is 20.5 Å². The minimum absolute atomic E-state index is 0.0507. The number of aromatic nitrogens is 2. The Kier molecular flexibility index (Phi) is 11.1. The van der Waals surface area contributed by atoms with Crippen molar-refractivity contribution < 1.29 is 33.0 Å². The van der Waals surface area contributed by atoms with Gasteiger partial charge in [-0.2, -0.15) is 0 Å². The van der Waals surface area contributed by atoms with Crippen LogP contribution >= 0.6 is 0 Å². The summed E-state index contributed by atoms with van der Waals surface area (Å²) in [6.45, 7) is 7.32. The SMILES string of the molecule is CC(C)(C)OC(=O)Nc1cc(N2CCC(OC3CCCCO3)CC2)c(-c2ccc(F)cc2)cc1NC(=O)CC(=O)c1cccc(-n2ccnc2)c1. The number of hydrogen-bond donors (Lipinski definition) is 2. The summed E-state index contributed by atoms with van der Waals surface area (Å²) in [5, 5.41) is 5.67. The summed E-state index contributed by atoms with van der Waals surface area (Å²) >= 11 is 0. The highest BCUT2D eigenvalue weighted by Gasteiger charge is 2.28. The van der Waals surface area contributed by atoms with Gasteiger partial charge in [-0.3, -0.25) is 14.9 Å². The fourth-order valence-corrected chi connectivity index (χ4v) is 6.29. The second-order valence-corrected chi connectivity index (χ2v) is 13.8. The van der Waals surface area contributed by atoms with Crippen molar-refractivity contribution in [3.8, 4) is 16.8 Å². The van der Waals surface area contributed by atoms with Crippen molar-refractivity contribution in [2.45, 2.75) is 77.3 Å². The summed E-state index contributed by atoms with van der Waals surface area (Å²) in [5.74, 6) is -1.33. The minimum Gasteiger partial charge on any atom is -0.444 e. The minimum atomic E-state index is -0.772. The third-order valence-corrected chi connectivity index (χ3v) is 8.76. The summed E-state index contributed by atoms with van der Waals surface area (Å²) in [7, 11) is 0. The lowest BCUT2D eigenvalue weighted by Crippen LogP contribution is -2.39. The molecule has 6 rings (SSSR count). The lowest BCUT2D eigenvalue weighted by Gasteiger charge is -2.37. The van der Waals surface area contributed by atoms with Gasteiger partial charge in [-0.05, 0) is 94.8 Å². The van der Waals surface area contributed by atoms with Crippen LogP contribution in [0.1, 0.15) is 69.7 Å². The first-order valence-electron chi connectivity index (χ1n) is 17.4. The number of benzene rings is 3. The predicted molar refractivity (Wildman–Crippen MR) is 193 cm³/mol. The molecule has 51 heavy (non-hydrogen) atoms. The molecular weight excluding hydrogens is 653 g/mol. The highest BCUT2D eigenvalue weighted by atomic mass is 19.1. The molecule has 2 aliphatic heterocycles. The first-order valence-corrected chi connectivity index (χ1v) is 17.4. The highest BCUT2D eigenvalue weighted by molar-refractivity contribution is 6.12. The van der Waals surface area contributed by atoms with Gasteiger partial charge in [0.15, 0.2) is 12.1 Å². The Balaban J connectivity index is 1.28. The molecule has 3 heterocycles. The maximum Gasteiger partial charge on any atom is 0.412 e. The van der Waals surface area contributed by atoms with Crippen LogP contribution in [-0.4, -0.2) is 65.0 Å². The maximum absolute atomic E-state index is 14.1. The van der Waals surface area contributed by atoms with Gasteiger partial charge in [0, 0.05) is 54.6 Å². The van der Waals surface area contributed by atoms with Crippen LogP contribution < -0.4 is 15.5 Å². The number of anilines is 3. The van der Waals surface area contributed by atoms with Crippen molar-refractivity contribution in [3.05, 3.63) is 90.8 Å². The van der Waals surface area contributed by atoms with Crippen molar-refractivity contribution in [1.82, 2.24) is 9.55 Å². The average molecular weight is 698 g/mol. The standard InChI is InChI=1S/C39H44FN5O6/c1-39(2,3)51-38(48)43-33-23-34(44-17-14-30(15-18-44)50-37-9-4-5-20-49-37)31(26-10-12-28(40)13-11-26)22-32(33)42-36(47)24-35(46)27-7-6-8-29(21-27)45-19-16-41-25-45/h6-8,10-13,16,19,21-23,25,30,37H,4-5,9,14-15,17-18,20,24H2,1-3H3,(H,42,47)(H,43,48). The molecule has 3 aromatic carbocycles. The summed E-state index contributed by atoms with van der Waals surface area (Å²) < 4.78 is 33.5. The number of amides is 2. The molecule has 0 saturated carbocycles. The van der Waals surface area contributed by atoms with Crippen molar-refractivity contribution in [3.63, 3.8) is 0 Å². The summed E-state index contributed by atoms with van der Waals surface area (Å²) in [6.07, 6.45) is 8.33. The van der Waals surface area contributed by atoms with Crippen LogP contribution in [-0.2, 0) is 19.0 Å². The van der Waals surface area contributed by atoms with Crippen LogP contribution in [0.15, 0.2) is 79.4 Å². The Morgan fingerprint density at radius 2 is 1.73 bits per heavy atom. The zero-order valence-corrected chi connectivity index (χ0v) is 29.2. The van der Waals surface area contributed by atoms with E-state index in [9.17, 15) is 18.8 Å². The molecule has 1 atom stereocenters. The smallest absolute Gasteiger partial charge is 0.412 e. The van der Waals surface area contributed by atoms with Gasteiger partial charge in [-0.1, -0.05) is 24.3 Å². The Morgan fingerprint density at radius 3 is 2.41 bits per heavy atom. The Morgan fingerprint density at radius 1 is 0.961 bits per heavy atom. The maximum atomic E-state index is 14.1. The summed E-state index contributed by atoms with van der Waals surface area (Å²) in [4.78, 5) is 46.1. The van der Waals surface area contributed by atoms with E-state index in [1.807, 2.05) is 6.07 Å². The van der Waals surface area contributed by atoms with Crippen molar-refractivity contribution in [2.75, 3.05) is 35.2 Å². The number of Topliss-reactive ketones (excluding diaryl/α,β-unsaturated/α-hetero) is 1. The molecule has 1 aromatic heterocycles. The van der Waals surface area contributed by atoms with Crippen molar-refractivity contribution in [2.24, 2.45) is 0 Å². The molecule has 4 aromatic rings. The van der Waals surface area contributed by atoms with Crippen LogP contribution in [0.25, 0.3) is 16.8 Å². The molecule has 2 aliphatic rings. The van der Waals surface area contributed by atoms with Gasteiger partial charge in [-0.15, -0.1) is 0 Å². The number of ether oxygens (including phenoxy) is 3. The number of halogens is 1. The Hall–Kier alpha value is -5.07. The topological polar surface area (TPSA) is 124 Å². The van der Waals surface area contributed by atoms with E-state index in [1.54, 1.807) is 86.5 Å². The van der Waals surface area contributed by atoms with E-state index in [-0.39, 0.29) is 29.7 Å². The van der Waals surface area contributed by atoms with E-state index >= 15 is 0 Å². The van der Waals surface area contributed by atoms with Crippen LogP contribution in [0, 0.1) is 5.82 Å². The van der Waals surface area contributed by atoms with Crippen LogP contribution in [0.2, 0.25) is 0 Å². The number of nitrogens with zero attached hydrogens (tertiary/aromatic N) is 3. The van der Waals surface area contributed by atoms with Crippen LogP contribution in [0.4, 0.5) is 26.2 Å². The zero-order chi connectivity index (χ0) is 36.0. The van der Waals surface area contributed by atoms with Crippen molar-refractivity contribution in [1.29, 1.82) is 0 Å². The number of piperidine rings is 1. The zero-order valence-electron chi connectivity index (χ0n) is 29.2. The van der Waals surface area contributed by atoms with E-state index < -0.39 is 24.0 Å². The normalized spacial score (nSPS) is 16.8. The molecule has 11 nitrogen and oxygen atoms in total. The fraction of sp³-hybridized carbons (Fsp3) is 0.385. The quantitative estimate of drug-likeness (QED) is 0.127. The van der Waals surface area contributed by atoms with Gasteiger partial charge >= 0.3 is 6.09 Å². The van der Waals surface area contributed by atoms with Gasteiger partial charge in [-0.25, -0.2) is 14.2 Å². The molecule has 0 spiro atoms. The van der Waals surface area contributed by atoms with Gasteiger partial charge in [0.05, 0.1) is 30.2 Å².